The predicted molar refractivity (Wildman–Crippen MR) is 135 cm³/mol. The lowest BCUT2D eigenvalue weighted by molar-refractivity contribution is 0.183. The molecule has 0 radical (unpaired) electrons. The standard InChI is InChI=1S/C24H23ClN10O2/c1-24(2,13-26)17-8-18(32-35(17)14-5-7-36-12-14)30-23-31-22-21(33(23)3)20(25)16(10-28-22)37-15-9-27-19-4-6-29-34(19)11-15/h4,6,8-11,14H,5,7,12H2,1-3H3,(H,28,30,31,32)/t14-/m1/s1. The van der Waals surface area contributed by atoms with E-state index < -0.39 is 5.41 Å². The molecule has 188 valence electrons. The molecule has 6 rings (SSSR count). The van der Waals surface area contributed by atoms with Crippen LogP contribution in [0.3, 0.4) is 0 Å². The maximum atomic E-state index is 9.75. The molecule has 13 heteroatoms. The zero-order valence-corrected chi connectivity index (χ0v) is 21.1. The normalized spacial score (nSPS) is 15.9. The van der Waals surface area contributed by atoms with Crippen molar-refractivity contribution in [3.05, 3.63) is 47.6 Å². The van der Waals surface area contributed by atoms with Gasteiger partial charge >= 0.3 is 0 Å². The SMILES string of the molecule is Cn1c(Nc2cc(C(C)(C)C#N)n([C@@H]3CCOC3)n2)nc2ncc(Oc3cnc4ccnn4c3)c(Cl)c21. The molecule has 0 bridgehead atoms. The Morgan fingerprint density at radius 2 is 2.16 bits per heavy atom. The van der Waals surface area contributed by atoms with Crippen molar-refractivity contribution >= 4 is 40.2 Å². The Kier molecular flexibility index (Phi) is 5.47. The number of hydrogen-bond acceptors (Lipinski definition) is 9. The van der Waals surface area contributed by atoms with Gasteiger partial charge in [-0.05, 0) is 20.3 Å². The summed E-state index contributed by atoms with van der Waals surface area (Å²) < 4.78 is 16.8. The molecule has 1 saturated heterocycles. The van der Waals surface area contributed by atoms with E-state index in [1.807, 2.05) is 31.6 Å². The second kappa shape index (κ2) is 8.72. The van der Waals surface area contributed by atoms with Gasteiger partial charge in [0.1, 0.15) is 10.5 Å². The highest BCUT2D eigenvalue weighted by molar-refractivity contribution is 6.36. The van der Waals surface area contributed by atoms with Crippen LogP contribution in [0, 0.1) is 11.3 Å². The molecule has 0 saturated carbocycles. The van der Waals surface area contributed by atoms with E-state index in [-0.39, 0.29) is 6.04 Å². The molecule has 1 aliphatic heterocycles. The summed E-state index contributed by atoms with van der Waals surface area (Å²) in [5.41, 5.74) is 1.83. The van der Waals surface area contributed by atoms with Gasteiger partial charge in [0.05, 0.1) is 54.6 Å². The number of hydrogen-bond donors (Lipinski definition) is 1. The molecule has 0 spiro atoms. The van der Waals surface area contributed by atoms with E-state index in [9.17, 15) is 5.26 Å². The highest BCUT2D eigenvalue weighted by atomic mass is 35.5. The highest BCUT2D eigenvalue weighted by Gasteiger charge is 2.31. The van der Waals surface area contributed by atoms with Gasteiger partial charge in [-0.2, -0.15) is 20.4 Å². The van der Waals surface area contributed by atoms with Crippen LogP contribution in [-0.4, -0.2) is 52.1 Å². The fourth-order valence-electron chi connectivity index (χ4n) is 4.36. The minimum absolute atomic E-state index is 0.0740. The van der Waals surface area contributed by atoms with Crippen molar-refractivity contribution in [2.75, 3.05) is 18.5 Å². The fraction of sp³-hybridized carbons (Fsp3) is 0.333. The second-order valence-corrected chi connectivity index (χ2v) is 9.75. The molecule has 5 aromatic rings. The van der Waals surface area contributed by atoms with Crippen LogP contribution in [0.2, 0.25) is 5.02 Å². The molecule has 0 aliphatic carbocycles. The third-order valence-corrected chi connectivity index (χ3v) is 6.77. The molecular formula is C24H23ClN10O2. The number of ether oxygens (including phenoxy) is 2. The van der Waals surface area contributed by atoms with E-state index in [0.29, 0.717) is 58.3 Å². The van der Waals surface area contributed by atoms with E-state index in [2.05, 4.69) is 31.4 Å². The molecule has 6 heterocycles. The van der Waals surface area contributed by atoms with Crippen LogP contribution in [0.4, 0.5) is 11.8 Å². The maximum Gasteiger partial charge on any atom is 0.210 e. The van der Waals surface area contributed by atoms with Crippen LogP contribution in [0.1, 0.15) is 32.0 Å². The molecular weight excluding hydrogens is 496 g/mol. The first-order valence-corrected chi connectivity index (χ1v) is 12.1. The quantitative estimate of drug-likeness (QED) is 0.351. The minimum atomic E-state index is -0.729. The average Bonchev–Trinajstić information content (AvgIpc) is 3.68. The Morgan fingerprint density at radius 3 is 2.95 bits per heavy atom. The molecule has 0 unspecified atom stereocenters. The summed E-state index contributed by atoms with van der Waals surface area (Å²) >= 11 is 6.74. The van der Waals surface area contributed by atoms with Gasteiger partial charge in [-0.3, -0.25) is 4.68 Å². The minimum Gasteiger partial charge on any atom is -0.451 e. The van der Waals surface area contributed by atoms with Crippen LogP contribution >= 0.6 is 11.6 Å². The Hall–Kier alpha value is -4.21. The molecule has 5 aromatic heterocycles. The monoisotopic (exact) mass is 518 g/mol. The number of nitrogens with zero attached hydrogens (tertiary/aromatic N) is 9. The van der Waals surface area contributed by atoms with Crippen LogP contribution in [0.5, 0.6) is 11.5 Å². The number of imidazole rings is 1. The third kappa shape index (κ3) is 4.02. The molecule has 0 amide bonds. The number of nitriles is 1. The number of pyridine rings is 1. The predicted octanol–water partition coefficient (Wildman–Crippen LogP) is 4.16. The summed E-state index contributed by atoms with van der Waals surface area (Å²) in [6.07, 6.45) is 7.33. The summed E-state index contributed by atoms with van der Waals surface area (Å²) in [4.78, 5) is 13.4. The maximum absolute atomic E-state index is 9.75. The molecule has 0 aromatic carbocycles. The third-order valence-electron chi connectivity index (χ3n) is 6.40. The molecule has 1 aliphatic rings. The lowest BCUT2D eigenvalue weighted by atomic mass is 9.91. The molecule has 1 atom stereocenters. The smallest absolute Gasteiger partial charge is 0.210 e. The van der Waals surface area contributed by atoms with Crippen LogP contribution < -0.4 is 10.1 Å². The Bertz CT molecular complexity index is 1670. The van der Waals surface area contributed by atoms with Gasteiger partial charge in [0.2, 0.25) is 5.95 Å². The molecule has 1 N–H and O–H groups in total. The first-order chi connectivity index (χ1) is 17.8. The number of aromatic nitrogens is 8. The fourth-order valence-corrected chi connectivity index (χ4v) is 4.65. The van der Waals surface area contributed by atoms with E-state index >= 15 is 0 Å². The lowest BCUT2D eigenvalue weighted by Gasteiger charge is -2.20. The van der Waals surface area contributed by atoms with Gasteiger partial charge < -0.3 is 19.4 Å². The first kappa shape index (κ1) is 23.2. The Morgan fingerprint density at radius 1 is 1.30 bits per heavy atom. The Labute approximate surface area is 216 Å². The van der Waals surface area contributed by atoms with Gasteiger partial charge in [0.25, 0.3) is 0 Å². The zero-order valence-electron chi connectivity index (χ0n) is 20.4. The summed E-state index contributed by atoms with van der Waals surface area (Å²) in [5.74, 6) is 1.89. The van der Waals surface area contributed by atoms with E-state index in [4.69, 9.17) is 26.2 Å². The average molecular weight is 519 g/mol. The van der Waals surface area contributed by atoms with Crippen molar-refractivity contribution in [3.8, 4) is 17.6 Å². The summed E-state index contributed by atoms with van der Waals surface area (Å²) in [7, 11) is 1.83. The number of rotatable bonds is 6. The van der Waals surface area contributed by atoms with E-state index in [1.165, 1.54) is 6.20 Å². The highest BCUT2D eigenvalue weighted by Crippen LogP contribution is 2.36. The number of fused-ring (bicyclic) bond motifs is 2. The summed E-state index contributed by atoms with van der Waals surface area (Å²) in [5, 5.41) is 22.3. The number of nitrogens with one attached hydrogen (secondary N) is 1. The van der Waals surface area contributed by atoms with Crippen molar-refractivity contribution < 1.29 is 9.47 Å². The largest absolute Gasteiger partial charge is 0.451 e. The number of anilines is 2. The molecule has 37 heavy (non-hydrogen) atoms. The van der Waals surface area contributed by atoms with Gasteiger partial charge in [0, 0.05) is 25.8 Å². The topological polar surface area (TPSA) is 133 Å². The lowest BCUT2D eigenvalue weighted by Crippen LogP contribution is -2.23. The van der Waals surface area contributed by atoms with Crippen molar-refractivity contribution in [2.45, 2.75) is 31.7 Å². The summed E-state index contributed by atoms with van der Waals surface area (Å²) in [6.45, 7) is 4.98. The van der Waals surface area contributed by atoms with Crippen molar-refractivity contribution in [1.29, 1.82) is 5.26 Å². The van der Waals surface area contributed by atoms with Crippen LogP contribution in [0.25, 0.3) is 16.8 Å². The van der Waals surface area contributed by atoms with Crippen molar-refractivity contribution in [3.63, 3.8) is 0 Å². The van der Waals surface area contributed by atoms with E-state index in [1.54, 1.807) is 33.7 Å². The zero-order chi connectivity index (χ0) is 25.7. The molecule has 12 nitrogen and oxygen atoms in total. The van der Waals surface area contributed by atoms with Crippen molar-refractivity contribution in [1.82, 2.24) is 38.9 Å². The molecule has 1 fully saturated rings. The number of aryl methyl sites for hydroxylation is 1. The van der Waals surface area contributed by atoms with Crippen LogP contribution in [-0.2, 0) is 17.2 Å². The van der Waals surface area contributed by atoms with Crippen LogP contribution in [0.15, 0.2) is 36.9 Å². The van der Waals surface area contributed by atoms with E-state index in [0.717, 1.165) is 12.1 Å². The van der Waals surface area contributed by atoms with Gasteiger partial charge in [-0.15, -0.1) is 0 Å². The van der Waals surface area contributed by atoms with Gasteiger partial charge in [-0.25, -0.2) is 14.5 Å². The summed E-state index contributed by atoms with van der Waals surface area (Å²) in [6, 6.07) is 6.12. The Balaban J connectivity index is 1.33. The van der Waals surface area contributed by atoms with Crippen molar-refractivity contribution in [2.24, 2.45) is 7.05 Å². The van der Waals surface area contributed by atoms with Gasteiger partial charge in [0.15, 0.2) is 28.6 Å². The first-order valence-electron chi connectivity index (χ1n) is 11.7. The number of halogens is 1. The van der Waals surface area contributed by atoms with Gasteiger partial charge in [-0.1, -0.05) is 11.6 Å². The second-order valence-electron chi connectivity index (χ2n) is 9.37.